The first-order valence-electron chi connectivity index (χ1n) is 5.66. The molecule has 1 aromatic heterocycles. The number of carbonyl (C=O) groups is 1. The van der Waals surface area contributed by atoms with Crippen molar-refractivity contribution in [1.29, 1.82) is 0 Å². The molecule has 19 heavy (non-hydrogen) atoms. The molecule has 7 heteroatoms. The molecule has 102 valence electrons. The third-order valence-corrected chi connectivity index (χ3v) is 2.56. The molecule has 0 amide bonds. The zero-order valence-corrected chi connectivity index (χ0v) is 10.4. The fourth-order valence-electron chi connectivity index (χ4n) is 1.71. The number of fused-ring (bicyclic) bond motifs is 1. The van der Waals surface area contributed by atoms with Crippen molar-refractivity contribution >= 4 is 22.8 Å². The lowest BCUT2D eigenvalue weighted by atomic mass is 10.3. The number of aromatic nitrogens is 1. The number of carbonyl (C=O) groups excluding carboxylic acids is 1. The van der Waals surface area contributed by atoms with Crippen molar-refractivity contribution in [3.05, 3.63) is 28.7 Å². The summed E-state index contributed by atoms with van der Waals surface area (Å²) in [5, 5.41) is 0. The van der Waals surface area contributed by atoms with Crippen molar-refractivity contribution in [2.24, 2.45) is 0 Å². The molecule has 0 aliphatic carbocycles. The van der Waals surface area contributed by atoms with Gasteiger partial charge in [-0.05, 0) is 12.1 Å². The van der Waals surface area contributed by atoms with Crippen LogP contribution >= 0.6 is 0 Å². The van der Waals surface area contributed by atoms with Crippen LogP contribution in [-0.4, -0.2) is 30.9 Å². The second-order valence-electron chi connectivity index (χ2n) is 3.86. The summed E-state index contributed by atoms with van der Waals surface area (Å²) < 4.78 is 15.8. The van der Waals surface area contributed by atoms with Crippen molar-refractivity contribution in [2.45, 2.75) is 6.54 Å². The van der Waals surface area contributed by atoms with E-state index in [4.69, 9.17) is 19.6 Å². The highest BCUT2D eigenvalue weighted by Gasteiger charge is 2.15. The van der Waals surface area contributed by atoms with Crippen molar-refractivity contribution in [2.75, 3.05) is 26.1 Å². The van der Waals surface area contributed by atoms with Gasteiger partial charge in [-0.15, -0.1) is 0 Å². The third-order valence-electron chi connectivity index (χ3n) is 2.56. The molecule has 0 fully saturated rings. The summed E-state index contributed by atoms with van der Waals surface area (Å²) in [5.41, 5.74) is 6.89. The lowest BCUT2D eigenvalue weighted by molar-refractivity contribution is -0.145. The Labute approximate surface area is 108 Å². The smallest absolute Gasteiger partial charge is 0.420 e. The van der Waals surface area contributed by atoms with Crippen molar-refractivity contribution < 1.29 is 18.7 Å². The Balaban J connectivity index is 2.23. The fourth-order valence-corrected chi connectivity index (χ4v) is 1.71. The van der Waals surface area contributed by atoms with E-state index in [-0.39, 0.29) is 13.2 Å². The topological polar surface area (TPSA) is 96.7 Å². The number of anilines is 1. The van der Waals surface area contributed by atoms with Crippen LogP contribution < -0.4 is 11.5 Å². The zero-order chi connectivity index (χ0) is 13.8. The van der Waals surface area contributed by atoms with E-state index in [9.17, 15) is 9.59 Å². The summed E-state index contributed by atoms with van der Waals surface area (Å²) in [6.07, 6.45) is 0. The molecule has 1 heterocycles. The molecule has 0 atom stereocenters. The Morgan fingerprint density at radius 1 is 1.42 bits per heavy atom. The summed E-state index contributed by atoms with van der Waals surface area (Å²) >= 11 is 0. The Bertz CT molecular complexity index is 643. The number of nitrogen functional groups attached to an aromatic ring is 1. The maximum atomic E-state index is 11.7. The van der Waals surface area contributed by atoms with Crippen molar-refractivity contribution in [1.82, 2.24) is 4.57 Å². The van der Waals surface area contributed by atoms with E-state index < -0.39 is 11.7 Å². The highest BCUT2D eigenvalue weighted by molar-refractivity contribution is 5.86. The summed E-state index contributed by atoms with van der Waals surface area (Å²) in [4.78, 5) is 23.2. The molecule has 0 spiro atoms. The molecule has 0 aliphatic rings. The lowest BCUT2D eigenvalue weighted by Crippen LogP contribution is -2.23. The predicted molar refractivity (Wildman–Crippen MR) is 67.7 cm³/mol. The number of oxazole rings is 1. The maximum Gasteiger partial charge on any atom is 0.420 e. The maximum absolute atomic E-state index is 11.7. The molecule has 0 radical (unpaired) electrons. The second-order valence-corrected chi connectivity index (χ2v) is 3.86. The van der Waals surface area contributed by atoms with E-state index in [2.05, 4.69) is 0 Å². The third kappa shape index (κ3) is 2.76. The van der Waals surface area contributed by atoms with Gasteiger partial charge in [-0.2, -0.15) is 0 Å². The molecular formula is C12H14N2O5. The fraction of sp³-hybridized carbons (Fsp3) is 0.333. The molecule has 0 bridgehead atoms. The van der Waals surface area contributed by atoms with E-state index in [1.54, 1.807) is 18.2 Å². The molecule has 7 nitrogen and oxygen atoms in total. The van der Waals surface area contributed by atoms with Gasteiger partial charge in [0.2, 0.25) is 0 Å². The number of para-hydroxylation sites is 1. The van der Waals surface area contributed by atoms with Gasteiger partial charge in [0.05, 0.1) is 12.3 Å². The molecule has 1 aromatic carbocycles. The Morgan fingerprint density at radius 2 is 2.21 bits per heavy atom. The number of nitrogens with two attached hydrogens (primary N) is 1. The number of ether oxygens (including phenoxy) is 2. The average molecular weight is 266 g/mol. The molecule has 0 aliphatic heterocycles. The van der Waals surface area contributed by atoms with E-state index in [1.165, 1.54) is 7.11 Å². The van der Waals surface area contributed by atoms with Gasteiger partial charge >= 0.3 is 11.7 Å². The Hall–Kier alpha value is -2.28. The van der Waals surface area contributed by atoms with Crippen LogP contribution in [0.3, 0.4) is 0 Å². The minimum absolute atomic E-state index is 0.134. The summed E-state index contributed by atoms with van der Waals surface area (Å²) in [6.45, 7) is 0.189. The van der Waals surface area contributed by atoms with Crippen LogP contribution in [0.1, 0.15) is 0 Å². The van der Waals surface area contributed by atoms with Gasteiger partial charge in [0.15, 0.2) is 5.58 Å². The number of rotatable bonds is 5. The molecule has 0 saturated carbocycles. The summed E-state index contributed by atoms with van der Waals surface area (Å²) in [6, 6.07) is 4.91. The SMILES string of the molecule is COCCOC(=O)Cn1c(=O)oc2cccc(N)c21. The predicted octanol–water partition coefficient (Wildman–Crippen LogP) is 0.366. The largest absolute Gasteiger partial charge is 0.462 e. The number of esters is 1. The molecular weight excluding hydrogens is 252 g/mol. The van der Waals surface area contributed by atoms with Crippen LogP contribution in [0.25, 0.3) is 11.1 Å². The van der Waals surface area contributed by atoms with Crippen LogP contribution in [-0.2, 0) is 20.8 Å². The van der Waals surface area contributed by atoms with Crippen molar-refractivity contribution in [3.63, 3.8) is 0 Å². The van der Waals surface area contributed by atoms with Crippen molar-refractivity contribution in [3.8, 4) is 0 Å². The normalized spacial score (nSPS) is 10.8. The van der Waals surface area contributed by atoms with Gasteiger partial charge in [-0.25, -0.2) is 4.79 Å². The van der Waals surface area contributed by atoms with Gasteiger partial charge in [0.1, 0.15) is 18.7 Å². The second kappa shape index (κ2) is 5.57. The van der Waals surface area contributed by atoms with Gasteiger partial charge in [0.25, 0.3) is 0 Å². The highest BCUT2D eigenvalue weighted by Crippen LogP contribution is 2.19. The monoisotopic (exact) mass is 266 g/mol. The van der Waals surface area contributed by atoms with E-state index in [1.807, 2.05) is 0 Å². The average Bonchev–Trinajstić information content (AvgIpc) is 2.67. The van der Waals surface area contributed by atoms with Gasteiger partial charge in [-0.1, -0.05) is 6.07 Å². The van der Waals surface area contributed by atoms with Crippen LogP contribution in [0.2, 0.25) is 0 Å². The van der Waals surface area contributed by atoms with Crippen LogP contribution in [0.4, 0.5) is 5.69 Å². The van der Waals surface area contributed by atoms with E-state index in [0.29, 0.717) is 23.4 Å². The van der Waals surface area contributed by atoms with Crippen LogP contribution in [0.15, 0.2) is 27.4 Å². The first-order chi connectivity index (χ1) is 9.13. The molecule has 0 unspecified atom stereocenters. The van der Waals surface area contributed by atoms with E-state index in [0.717, 1.165) is 4.57 Å². The number of nitrogens with zero attached hydrogens (tertiary/aromatic N) is 1. The molecule has 2 N–H and O–H groups in total. The lowest BCUT2D eigenvalue weighted by Gasteiger charge is -2.05. The molecule has 2 aromatic rings. The highest BCUT2D eigenvalue weighted by atomic mass is 16.6. The van der Waals surface area contributed by atoms with Gasteiger partial charge in [0, 0.05) is 7.11 Å². The summed E-state index contributed by atoms with van der Waals surface area (Å²) in [7, 11) is 1.50. The number of methoxy groups -OCH3 is 1. The van der Waals surface area contributed by atoms with Crippen LogP contribution in [0.5, 0.6) is 0 Å². The number of hydrogen-bond acceptors (Lipinski definition) is 6. The molecule has 2 rings (SSSR count). The first-order valence-corrected chi connectivity index (χ1v) is 5.66. The Morgan fingerprint density at radius 3 is 2.95 bits per heavy atom. The van der Waals surface area contributed by atoms with Gasteiger partial charge in [-0.3, -0.25) is 9.36 Å². The zero-order valence-electron chi connectivity index (χ0n) is 10.4. The van der Waals surface area contributed by atoms with E-state index >= 15 is 0 Å². The standard InChI is InChI=1S/C12H14N2O5/c1-17-5-6-18-10(15)7-14-11-8(13)3-2-4-9(11)19-12(14)16/h2-4H,5-7,13H2,1H3. The minimum atomic E-state index is -0.642. The number of benzene rings is 1. The first kappa shape index (κ1) is 13.2. The minimum Gasteiger partial charge on any atom is -0.462 e. The quantitative estimate of drug-likeness (QED) is 0.477. The summed E-state index contributed by atoms with van der Waals surface area (Å²) in [5.74, 6) is -1.19. The van der Waals surface area contributed by atoms with Crippen LogP contribution in [0, 0.1) is 0 Å². The Kier molecular flexibility index (Phi) is 3.86. The van der Waals surface area contributed by atoms with Gasteiger partial charge < -0.3 is 19.6 Å². The number of hydrogen-bond donors (Lipinski definition) is 1. The molecule has 0 saturated heterocycles.